The number of rotatable bonds is 4. The Kier molecular flexibility index (Phi) is 4.99. The van der Waals surface area contributed by atoms with E-state index in [2.05, 4.69) is 10.3 Å². The lowest BCUT2D eigenvalue weighted by Crippen LogP contribution is -2.32. The Morgan fingerprint density at radius 2 is 2.00 bits per heavy atom. The van der Waals surface area contributed by atoms with E-state index in [1.54, 1.807) is 6.07 Å². The van der Waals surface area contributed by atoms with Gasteiger partial charge in [-0.15, -0.1) is 0 Å². The summed E-state index contributed by atoms with van der Waals surface area (Å²) in [6.45, 7) is 4.63. The van der Waals surface area contributed by atoms with Crippen molar-refractivity contribution in [3.05, 3.63) is 33.7 Å². The highest BCUT2D eigenvalue weighted by Gasteiger charge is 2.18. The summed E-state index contributed by atoms with van der Waals surface area (Å²) in [7, 11) is 0. The summed E-state index contributed by atoms with van der Waals surface area (Å²) in [5, 5.41) is 2.78. The fraction of sp³-hybridized carbons (Fsp3) is 0.625. The summed E-state index contributed by atoms with van der Waals surface area (Å²) in [5.74, 6) is 0.541. The van der Waals surface area contributed by atoms with Crippen molar-refractivity contribution < 1.29 is 4.79 Å². The van der Waals surface area contributed by atoms with E-state index >= 15 is 0 Å². The number of nitrogens with one attached hydrogen (secondary N) is 2. The summed E-state index contributed by atoms with van der Waals surface area (Å²) in [4.78, 5) is 26.9. The summed E-state index contributed by atoms with van der Waals surface area (Å²) < 4.78 is 0. The van der Waals surface area contributed by atoms with Crippen molar-refractivity contribution in [2.75, 3.05) is 6.54 Å². The molecule has 1 aliphatic rings. The normalized spacial score (nSPS) is 16.4. The first-order chi connectivity index (χ1) is 9.58. The molecule has 1 fully saturated rings. The van der Waals surface area contributed by atoms with E-state index in [1.165, 1.54) is 19.3 Å². The number of carbonyl (C=O) groups excluding carboxylic acids is 1. The van der Waals surface area contributed by atoms with Gasteiger partial charge in [-0.05, 0) is 36.8 Å². The van der Waals surface area contributed by atoms with Crippen LogP contribution in [0.15, 0.2) is 16.9 Å². The van der Waals surface area contributed by atoms with Gasteiger partial charge >= 0.3 is 0 Å². The largest absolute Gasteiger partial charge is 0.352 e. The highest BCUT2D eigenvalue weighted by Crippen LogP contribution is 2.30. The predicted molar refractivity (Wildman–Crippen MR) is 80.1 cm³/mol. The fourth-order valence-electron chi connectivity index (χ4n) is 2.71. The lowest BCUT2D eigenvalue weighted by atomic mass is 9.86. The third-order valence-corrected chi connectivity index (χ3v) is 3.89. The Morgan fingerprint density at radius 3 is 2.60 bits per heavy atom. The quantitative estimate of drug-likeness (QED) is 0.888. The second kappa shape index (κ2) is 6.73. The average Bonchev–Trinajstić information content (AvgIpc) is 2.45. The molecule has 1 amide bonds. The van der Waals surface area contributed by atoms with E-state index in [9.17, 15) is 9.59 Å². The van der Waals surface area contributed by atoms with Crippen LogP contribution in [0.1, 0.15) is 67.9 Å². The maximum Gasteiger partial charge on any atom is 0.261 e. The first-order valence-electron chi connectivity index (χ1n) is 7.59. The molecule has 0 aromatic carbocycles. The first-order valence-corrected chi connectivity index (χ1v) is 7.59. The van der Waals surface area contributed by atoms with Crippen molar-refractivity contribution in [2.45, 2.75) is 51.9 Å². The van der Waals surface area contributed by atoms with Crippen molar-refractivity contribution in [3.8, 4) is 0 Å². The van der Waals surface area contributed by atoms with Crippen LogP contribution in [-0.4, -0.2) is 17.4 Å². The molecule has 0 saturated heterocycles. The van der Waals surface area contributed by atoms with Gasteiger partial charge in [-0.2, -0.15) is 0 Å². The van der Waals surface area contributed by atoms with Crippen molar-refractivity contribution in [1.29, 1.82) is 0 Å². The number of amides is 1. The summed E-state index contributed by atoms with van der Waals surface area (Å²) >= 11 is 0. The Labute approximate surface area is 120 Å². The zero-order valence-corrected chi connectivity index (χ0v) is 12.4. The number of carbonyl (C=O) groups is 1. The fourth-order valence-corrected chi connectivity index (χ4v) is 2.71. The predicted octanol–water partition coefficient (Wildman–Crippen LogP) is 2.81. The molecule has 4 heteroatoms. The molecule has 0 unspecified atom stereocenters. The van der Waals surface area contributed by atoms with Gasteiger partial charge in [0, 0.05) is 12.2 Å². The number of aromatic nitrogens is 1. The minimum Gasteiger partial charge on any atom is -0.352 e. The number of H-pyrrole nitrogens is 1. The number of hydrogen-bond acceptors (Lipinski definition) is 2. The molecule has 1 aromatic heterocycles. The van der Waals surface area contributed by atoms with Gasteiger partial charge in [-0.25, -0.2) is 0 Å². The van der Waals surface area contributed by atoms with Crippen LogP contribution in [0.2, 0.25) is 0 Å². The molecular weight excluding hydrogens is 252 g/mol. The van der Waals surface area contributed by atoms with Gasteiger partial charge in [0.05, 0.1) is 0 Å². The van der Waals surface area contributed by atoms with Crippen molar-refractivity contribution in [2.24, 2.45) is 5.92 Å². The van der Waals surface area contributed by atoms with Crippen molar-refractivity contribution in [1.82, 2.24) is 10.3 Å². The van der Waals surface area contributed by atoms with Crippen LogP contribution in [0.3, 0.4) is 0 Å². The Morgan fingerprint density at radius 1 is 1.30 bits per heavy atom. The van der Waals surface area contributed by atoms with Crippen LogP contribution < -0.4 is 10.9 Å². The number of hydrogen-bond donors (Lipinski definition) is 2. The first kappa shape index (κ1) is 14.8. The minimum absolute atomic E-state index is 0.213. The third kappa shape index (κ3) is 3.71. The molecule has 2 N–H and O–H groups in total. The van der Waals surface area contributed by atoms with Crippen LogP contribution in [-0.2, 0) is 0 Å². The third-order valence-electron chi connectivity index (χ3n) is 3.89. The molecule has 110 valence electrons. The van der Waals surface area contributed by atoms with Gasteiger partial charge < -0.3 is 10.3 Å². The molecule has 0 radical (unpaired) electrons. The van der Waals surface area contributed by atoms with Crippen LogP contribution in [0, 0.1) is 5.92 Å². The molecule has 2 rings (SSSR count). The zero-order chi connectivity index (χ0) is 14.5. The molecule has 0 atom stereocenters. The lowest BCUT2D eigenvalue weighted by Gasteiger charge is -2.21. The standard InChI is InChI=1S/C16H24N2O2/c1-11(2)10-17-15(19)13-8-9-14(18-16(13)20)12-6-4-3-5-7-12/h8-9,11-12H,3-7,10H2,1-2H3,(H,17,19)(H,18,20). The Hall–Kier alpha value is -1.58. The van der Waals surface area contributed by atoms with Gasteiger partial charge in [0.2, 0.25) is 0 Å². The van der Waals surface area contributed by atoms with Gasteiger partial charge in [0.25, 0.3) is 11.5 Å². The SMILES string of the molecule is CC(C)CNC(=O)c1ccc(C2CCCCC2)[nH]c1=O. The highest BCUT2D eigenvalue weighted by molar-refractivity contribution is 5.93. The van der Waals surface area contributed by atoms with Gasteiger partial charge in [0.1, 0.15) is 5.56 Å². The second-order valence-corrected chi connectivity index (χ2v) is 6.10. The number of aromatic amines is 1. The van der Waals surface area contributed by atoms with E-state index in [-0.39, 0.29) is 17.0 Å². The van der Waals surface area contributed by atoms with Crippen LogP contribution >= 0.6 is 0 Å². The van der Waals surface area contributed by atoms with E-state index in [4.69, 9.17) is 0 Å². The van der Waals surface area contributed by atoms with E-state index in [1.807, 2.05) is 19.9 Å². The van der Waals surface area contributed by atoms with Crippen molar-refractivity contribution >= 4 is 5.91 Å². The molecule has 4 nitrogen and oxygen atoms in total. The van der Waals surface area contributed by atoms with E-state index < -0.39 is 0 Å². The Bertz CT molecular complexity index is 513. The molecule has 0 aliphatic heterocycles. The maximum absolute atomic E-state index is 12.1. The average molecular weight is 276 g/mol. The number of pyridine rings is 1. The van der Waals surface area contributed by atoms with Gasteiger partial charge in [-0.3, -0.25) is 9.59 Å². The topological polar surface area (TPSA) is 62.0 Å². The molecule has 0 bridgehead atoms. The van der Waals surface area contributed by atoms with E-state index in [0.717, 1.165) is 18.5 Å². The highest BCUT2D eigenvalue weighted by atomic mass is 16.2. The molecule has 20 heavy (non-hydrogen) atoms. The van der Waals surface area contributed by atoms with E-state index in [0.29, 0.717) is 18.4 Å². The smallest absolute Gasteiger partial charge is 0.261 e. The summed E-state index contributed by atoms with van der Waals surface area (Å²) in [6, 6.07) is 3.57. The molecule has 1 heterocycles. The van der Waals surface area contributed by atoms with Crippen LogP contribution in [0.25, 0.3) is 0 Å². The minimum atomic E-state index is -0.282. The maximum atomic E-state index is 12.1. The summed E-state index contributed by atoms with van der Waals surface area (Å²) in [5.41, 5.74) is 0.926. The summed E-state index contributed by atoms with van der Waals surface area (Å²) in [6.07, 6.45) is 6.01. The van der Waals surface area contributed by atoms with Crippen LogP contribution in [0.4, 0.5) is 0 Å². The van der Waals surface area contributed by atoms with Crippen LogP contribution in [0.5, 0.6) is 0 Å². The molecule has 1 aromatic rings. The second-order valence-electron chi connectivity index (χ2n) is 6.10. The lowest BCUT2D eigenvalue weighted by molar-refractivity contribution is 0.0947. The van der Waals surface area contributed by atoms with Crippen molar-refractivity contribution in [3.63, 3.8) is 0 Å². The van der Waals surface area contributed by atoms with Gasteiger partial charge in [0.15, 0.2) is 0 Å². The zero-order valence-electron chi connectivity index (χ0n) is 12.4. The Balaban J connectivity index is 2.09. The molecule has 1 aliphatic carbocycles. The van der Waals surface area contributed by atoms with Gasteiger partial charge in [-0.1, -0.05) is 33.1 Å². The molecule has 0 spiro atoms. The molecule has 1 saturated carbocycles. The molecular formula is C16H24N2O2. The monoisotopic (exact) mass is 276 g/mol.